The molecule has 1 aromatic carbocycles. The number of phenolic OH excluding ortho intramolecular Hbond substituents is 1. The Morgan fingerprint density at radius 3 is 2.69 bits per heavy atom. The highest BCUT2D eigenvalue weighted by molar-refractivity contribution is 5.95. The average molecular weight is 224 g/mol. The first-order valence-electron chi connectivity index (χ1n) is 4.96. The van der Waals surface area contributed by atoms with E-state index in [2.05, 4.69) is 0 Å². The van der Waals surface area contributed by atoms with Gasteiger partial charge in [-0.15, -0.1) is 0 Å². The van der Waals surface area contributed by atoms with Crippen molar-refractivity contribution in [2.24, 2.45) is 5.73 Å². The van der Waals surface area contributed by atoms with Crippen molar-refractivity contribution in [2.75, 3.05) is 13.1 Å². The molecule has 0 unspecified atom stereocenters. The third-order valence-corrected chi connectivity index (χ3v) is 2.57. The summed E-state index contributed by atoms with van der Waals surface area (Å²) in [4.78, 5) is 13.3. The lowest BCUT2D eigenvalue weighted by atomic mass is 9.93. The summed E-state index contributed by atoms with van der Waals surface area (Å²) in [5, 5.41) is 9.03. The normalized spacial score (nSPS) is 18.1. The molecular weight excluding hydrogens is 211 g/mol. The van der Waals surface area contributed by atoms with Gasteiger partial charge in [-0.25, -0.2) is 4.39 Å². The second kappa shape index (κ2) is 3.45. The number of carbonyl (C=O) groups excluding carboxylic acids is 1. The van der Waals surface area contributed by atoms with Crippen molar-refractivity contribution in [3.8, 4) is 5.75 Å². The minimum Gasteiger partial charge on any atom is -0.508 e. The molecular formula is C11H13FN2O2. The van der Waals surface area contributed by atoms with Gasteiger partial charge in [-0.05, 0) is 19.1 Å². The molecule has 5 heteroatoms. The Morgan fingerprint density at radius 2 is 2.19 bits per heavy atom. The van der Waals surface area contributed by atoms with Crippen LogP contribution in [0.4, 0.5) is 4.39 Å². The molecule has 0 aromatic heterocycles. The van der Waals surface area contributed by atoms with Crippen LogP contribution in [0, 0.1) is 5.82 Å². The van der Waals surface area contributed by atoms with Crippen LogP contribution in [-0.4, -0.2) is 34.5 Å². The molecule has 16 heavy (non-hydrogen) atoms. The van der Waals surface area contributed by atoms with Crippen LogP contribution in [-0.2, 0) is 0 Å². The third-order valence-electron chi connectivity index (χ3n) is 2.57. The maximum atomic E-state index is 13.4. The minimum atomic E-state index is -0.712. The van der Waals surface area contributed by atoms with E-state index in [1.54, 1.807) is 0 Å². The van der Waals surface area contributed by atoms with E-state index < -0.39 is 5.82 Å². The zero-order valence-corrected chi connectivity index (χ0v) is 8.90. The number of carbonyl (C=O) groups is 1. The van der Waals surface area contributed by atoms with Crippen molar-refractivity contribution in [3.63, 3.8) is 0 Å². The number of nitrogens with two attached hydrogens (primary N) is 1. The molecule has 1 aromatic rings. The Bertz CT molecular complexity index is 438. The van der Waals surface area contributed by atoms with Gasteiger partial charge in [-0.2, -0.15) is 0 Å². The van der Waals surface area contributed by atoms with Crippen LogP contribution in [0.15, 0.2) is 18.2 Å². The lowest BCUT2D eigenvalue weighted by Gasteiger charge is -2.45. The number of rotatable bonds is 1. The Balaban J connectivity index is 2.16. The van der Waals surface area contributed by atoms with E-state index in [1.807, 2.05) is 6.92 Å². The van der Waals surface area contributed by atoms with Crippen LogP contribution in [0.1, 0.15) is 17.3 Å². The Hall–Kier alpha value is -1.62. The number of halogens is 1. The van der Waals surface area contributed by atoms with Gasteiger partial charge in [0.15, 0.2) is 0 Å². The number of amides is 1. The van der Waals surface area contributed by atoms with Crippen molar-refractivity contribution < 1.29 is 14.3 Å². The molecule has 4 nitrogen and oxygen atoms in total. The van der Waals surface area contributed by atoms with E-state index >= 15 is 0 Å². The zero-order chi connectivity index (χ0) is 11.9. The number of hydrogen-bond donors (Lipinski definition) is 2. The monoisotopic (exact) mass is 224 g/mol. The van der Waals surface area contributed by atoms with E-state index in [9.17, 15) is 9.18 Å². The molecule has 1 amide bonds. The van der Waals surface area contributed by atoms with Gasteiger partial charge in [0.25, 0.3) is 5.91 Å². The van der Waals surface area contributed by atoms with Crippen molar-refractivity contribution in [2.45, 2.75) is 12.5 Å². The molecule has 1 fully saturated rings. The summed E-state index contributed by atoms with van der Waals surface area (Å²) in [6.07, 6.45) is 0. The number of phenols is 1. The SMILES string of the molecule is CC1(N)CN(C(=O)c2ccc(O)cc2F)C1. The lowest BCUT2D eigenvalue weighted by molar-refractivity contribution is 0.0449. The number of hydrogen-bond acceptors (Lipinski definition) is 3. The maximum Gasteiger partial charge on any atom is 0.256 e. The van der Waals surface area contributed by atoms with Crippen molar-refractivity contribution in [1.29, 1.82) is 0 Å². The molecule has 0 saturated carbocycles. The molecule has 1 aliphatic heterocycles. The van der Waals surface area contributed by atoms with Crippen LogP contribution < -0.4 is 5.73 Å². The second-order valence-corrected chi connectivity index (χ2v) is 4.48. The first-order valence-corrected chi connectivity index (χ1v) is 4.96. The molecule has 1 heterocycles. The highest BCUT2D eigenvalue weighted by Crippen LogP contribution is 2.22. The summed E-state index contributed by atoms with van der Waals surface area (Å²) in [5.74, 6) is -1.29. The summed E-state index contributed by atoms with van der Waals surface area (Å²) in [6, 6.07) is 3.49. The maximum absolute atomic E-state index is 13.4. The van der Waals surface area contributed by atoms with E-state index in [-0.39, 0.29) is 22.8 Å². The van der Waals surface area contributed by atoms with E-state index in [1.165, 1.54) is 17.0 Å². The molecule has 3 N–H and O–H groups in total. The minimum absolute atomic E-state index is 0.0340. The predicted molar refractivity (Wildman–Crippen MR) is 56.6 cm³/mol. The smallest absolute Gasteiger partial charge is 0.256 e. The molecule has 1 saturated heterocycles. The van der Waals surface area contributed by atoms with Crippen LogP contribution in [0.25, 0.3) is 0 Å². The van der Waals surface area contributed by atoms with Crippen LogP contribution in [0.2, 0.25) is 0 Å². The third kappa shape index (κ3) is 1.86. The Morgan fingerprint density at radius 1 is 1.56 bits per heavy atom. The Labute approximate surface area is 92.5 Å². The highest BCUT2D eigenvalue weighted by atomic mass is 19.1. The number of likely N-dealkylation sites (tertiary alicyclic amines) is 1. The molecule has 0 atom stereocenters. The van der Waals surface area contributed by atoms with Crippen LogP contribution >= 0.6 is 0 Å². The second-order valence-electron chi connectivity index (χ2n) is 4.48. The summed E-state index contributed by atoms with van der Waals surface area (Å²) in [6.45, 7) is 2.68. The first kappa shape index (κ1) is 10.9. The first-order chi connectivity index (χ1) is 7.39. The molecule has 1 aliphatic rings. The summed E-state index contributed by atoms with van der Waals surface area (Å²) < 4.78 is 13.4. The van der Waals surface area contributed by atoms with Crippen molar-refractivity contribution in [3.05, 3.63) is 29.6 Å². The van der Waals surface area contributed by atoms with Gasteiger partial charge in [0.1, 0.15) is 11.6 Å². The molecule has 0 bridgehead atoms. The van der Waals surface area contributed by atoms with E-state index in [4.69, 9.17) is 10.8 Å². The van der Waals surface area contributed by atoms with Gasteiger partial charge in [-0.1, -0.05) is 0 Å². The van der Waals surface area contributed by atoms with Gasteiger partial charge in [0, 0.05) is 24.7 Å². The van der Waals surface area contributed by atoms with E-state index in [0.717, 1.165) is 6.07 Å². The zero-order valence-electron chi connectivity index (χ0n) is 8.90. The highest BCUT2D eigenvalue weighted by Gasteiger charge is 2.38. The van der Waals surface area contributed by atoms with Gasteiger partial charge in [0.2, 0.25) is 0 Å². The number of aromatic hydroxyl groups is 1. The molecule has 0 radical (unpaired) electrons. The summed E-state index contributed by atoms with van der Waals surface area (Å²) >= 11 is 0. The fraction of sp³-hybridized carbons (Fsp3) is 0.364. The summed E-state index contributed by atoms with van der Waals surface area (Å²) in [5.41, 5.74) is 5.36. The fourth-order valence-corrected chi connectivity index (χ4v) is 1.82. The lowest BCUT2D eigenvalue weighted by Crippen LogP contribution is -2.66. The topological polar surface area (TPSA) is 66.6 Å². The average Bonchev–Trinajstić information content (AvgIpc) is 2.13. The molecule has 0 aliphatic carbocycles. The molecule has 0 spiro atoms. The predicted octanol–water partition coefficient (Wildman–Crippen LogP) is 0.705. The summed E-state index contributed by atoms with van der Waals surface area (Å²) in [7, 11) is 0. The van der Waals surface area contributed by atoms with Crippen LogP contribution in [0.3, 0.4) is 0 Å². The molecule has 2 rings (SSSR count). The van der Waals surface area contributed by atoms with Crippen molar-refractivity contribution in [1.82, 2.24) is 4.90 Å². The molecule has 86 valence electrons. The quantitative estimate of drug-likeness (QED) is 0.738. The number of nitrogens with zero attached hydrogens (tertiary/aromatic N) is 1. The van der Waals surface area contributed by atoms with Gasteiger partial charge in [-0.3, -0.25) is 4.79 Å². The fourth-order valence-electron chi connectivity index (χ4n) is 1.82. The van der Waals surface area contributed by atoms with Gasteiger partial charge < -0.3 is 15.7 Å². The van der Waals surface area contributed by atoms with Crippen LogP contribution in [0.5, 0.6) is 5.75 Å². The van der Waals surface area contributed by atoms with E-state index in [0.29, 0.717) is 13.1 Å². The van der Waals surface area contributed by atoms with Gasteiger partial charge >= 0.3 is 0 Å². The Kier molecular flexibility index (Phi) is 2.35. The van der Waals surface area contributed by atoms with Crippen molar-refractivity contribution >= 4 is 5.91 Å². The van der Waals surface area contributed by atoms with Gasteiger partial charge in [0.05, 0.1) is 5.56 Å². The standard InChI is InChI=1S/C11H13FN2O2/c1-11(13)5-14(6-11)10(16)8-3-2-7(15)4-9(8)12/h2-4,15H,5-6,13H2,1H3. The largest absolute Gasteiger partial charge is 0.508 e. The number of benzene rings is 1.